The normalized spacial score (nSPS) is 25.1. The molecule has 2 saturated heterocycles. The second kappa shape index (κ2) is 5.22. The van der Waals surface area contributed by atoms with Gasteiger partial charge in [0.25, 0.3) is 0 Å². The summed E-state index contributed by atoms with van der Waals surface area (Å²) in [6, 6.07) is 4.62. The van der Waals surface area contributed by atoms with E-state index >= 15 is 0 Å². The molecule has 0 unspecified atom stereocenters. The molecule has 0 aliphatic carbocycles. The molecule has 3 rings (SSSR count). The maximum atomic E-state index is 10.4. The van der Waals surface area contributed by atoms with Crippen molar-refractivity contribution in [2.24, 2.45) is 5.18 Å². The van der Waals surface area contributed by atoms with Crippen molar-refractivity contribution in [1.82, 2.24) is 9.88 Å². The summed E-state index contributed by atoms with van der Waals surface area (Å²) in [5.74, 6) is 0.238. The maximum absolute atomic E-state index is 10.4. The number of hydrogen-bond donors (Lipinski definition) is 0. The Kier molecular flexibility index (Phi) is 3.44. The lowest BCUT2D eigenvalue weighted by atomic mass is 10.1. The molecular weight excluding hydrogens is 244 g/mol. The van der Waals surface area contributed by atoms with Crippen molar-refractivity contribution in [3.8, 4) is 0 Å². The Labute approximate surface area is 112 Å². The van der Waals surface area contributed by atoms with E-state index in [1.807, 2.05) is 6.07 Å². The number of ether oxygens (including phenoxy) is 1. The molecule has 0 radical (unpaired) electrons. The molecule has 1 aromatic heterocycles. The highest BCUT2D eigenvalue weighted by atomic mass is 16.5. The monoisotopic (exact) mass is 262 g/mol. The first-order valence-corrected chi connectivity index (χ1v) is 6.66. The zero-order chi connectivity index (χ0) is 13.2. The zero-order valence-electron chi connectivity index (χ0n) is 11.0. The molecule has 0 bridgehead atoms. The van der Waals surface area contributed by atoms with Crippen molar-refractivity contribution in [3.05, 3.63) is 23.2 Å². The number of anilines is 1. The molecule has 0 saturated carbocycles. The number of rotatable bonds is 3. The smallest absolute Gasteiger partial charge is 0.196 e. The van der Waals surface area contributed by atoms with Gasteiger partial charge >= 0.3 is 0 Å². The predicted octanol–water partition coefficient (Wildman–Crippen LogP) is 1.39. The molecule has 102 valence electrons. The van der Waals surface area contributed by atoms with Gasteiger partial charge in [-0.3, -0.25) is 4.90 Å². The van der Waals surface area contributed by atoms with Gasteiger partial charge in [0.2, 0.25) is 0 Å². The van der Waals surface area contributed by atoms with Crippen LogP contribution in [-0.4, -0.2) is 54.8 Å². The SMILES string of the molecule is C[C@H]1CN(C2COC2)CCN1c1ccc(N=O)nc1. The second-order valence-corrected chi connectivity index (χ2v) is 5.19. The van der Waals surface area contributed by atoms with Crippen LogP contribution in [0.4, 0.5) is 11.5 Å². The highest BCUT2D eigenvalue weighted by Gasteiger charge is 2.32. The predicted molar refractivity (Wildman–Crippen MR) is 72.7 cm³/mol. The van der Waals surface area contributed by atoms with Gasteiger partial charge in [-0.25, -0.2) is 4.98 Å². The van der Waals surface area contributed by atoms with Crippen molar-refractivity contribution >= 4 is 11.5 Å². The fourth-order valence-electron chi connectivity index (χ4n) is 2.74. The van der Waals surface area contributed by atoms with Crippen molar-refractivity contribution in [2.45, 2.75) is 19.0 Å². The van der Waals surface area contributed by atoms with E-state index in [0.29, 0.717) is 12.1 Å². The van der Waals surface area contributed by atoms with E-state index in [-0.39, 0.29) is 5.82 Å². The van der Waals surface area contributed by atoms with Gasteiger partial charge in [-0.2, -0.15) is 0 Å². The molecule has 3 heterocycles. The number of aromatic nitrogens is 1. The number of piperazine rings is 1. The van der Waals surface area contributed by atoms with Crippen LogP contribution < -0.4 is 4.90 Å². The van der Waals surface area contributed by atoms with E-state index in [1.54, 1.807) is 12.3 Å². The average Bonchev–Trinajstić information content (AvgIpc) is 2.37. The van der Waals surface area contributed by atoms with E-state index in [1.165, 1.54) is 0 Å². The molecule has 2 fully saturated rings. The Morgan fingerprint density at radius 1 is 1.37 bits per heavy atom. The maximum Gasteiger partial charge on any atom is 0.196 e. The number of pyridine rings is 1. The van der Waals surface area contributed by atoms with Crippen LogP contribution in [0.1, 0.15) is 6.92 Å². The van der Waals surface area contributed by atoms with E-state index in [0.717, 1.165) is 38.5 Å². The third-order valence-electron chi connectivity index (χ3n) is 3.95. The molecule has 1 aromatic rings. The quantitative estimate of drug-likeness (QED) is 0.770. The summed E-state index contributed by atoms with van der Waals surface area (Å²) in [5, 5.41) is 2.83. The van der Waals surface area contributed by atoms with Crippen LogP contribution >= 0.6 is 0 Å². The van der Waals surface area contributed by atoms with Gasteiger partial charge in [-0.15, -0.1) is 4.91 Å². The van der Waals surface area contributed by atoms with Gasteiger partial charge in [0, 0.05) is 25.7 Å². The molecule has 0 N–H and O–H groups in total. The van der Waals surface area contributed by atoms with Crippen molar-refractivity contribution in [1.29, 1.82) is 0 Å². The molecule has 6 heteroatoms. The van der Waals surface area contributed by atoms with Gasteiger partial charge in [-0.1, -0.05) is 0 Å². The van der Waals surface area contributed by atoms with Gasteiger partial charge in [0.1, 0.15) is 0 Å². The lowest BCUT2D eigenvalue weighted by molar-refractivity contribution is -0.0691. The van der Waals surface area contributed by atoms with Crippen LogP contribution in [0.25, 0.3) is 0 Å². The first-order valence-electron chi connectivity index (χ1n) is 6.66. The zero-order valence-corrected chi connectivity index (χ0v) is 11.0. The Morgan fingerprint density at radius 3 is 2.74 bits per heavy atom. The Hall–Kier alpha value is -1.53. The molecule has 2 aliphatic heterocycles. The van der Waals surface area contributed by atoms with E-state index in [2.05, 4.69) is 26.9 Å². The van der Waals surface area contributed by atoms with Gasteiger partial charge in [0.15, 0.2) is 5.82 Å². The van der Waals surface area contributed by atoms with Crippen LogP contribution in [0.5, 0.6) is 0 Å². The van der Waals surface area contributed by atoms with Crippen LogP contribution in [0.3, 0.4) is 0 Å². The summed E-state index contributed by atoms with van der Waals surface area (Å²) in [7, 11) is 0. The van der Waals surface area contributed by atoms with E-state index in [4.69, 9.17) is 4.74 Å². The minimum atomic E-state index is 0.238. The number of nitroso groups, excluding NO2 is 1. The van der Waals surface area contributed by atoms with Crippen molar-refractivity contribution in [3.63, 3.8) is 0 Å². The number of hydrogen-bond acceptors (Lipinski definition) is 6. The summed E-state index contributed by atoms with van der Waals surface area (Å²) in [6.45, 7) is 7.03. The average molecular weight is 262 g/mol. The molecule has 1 atom stereocenters. The molecular formula is C13H18N4O2. The lowest BCUT2D eigenvalue weighted by Gasteiger charge is -2.46. The van der Waals surface area contributed by atoms with Crippen LogP contribution in [0, 0.1) is 4.91 Å². The third kappa shape index (κ3) is 2.46. The number of nitrogens with zero attached hydrogens (tertiary/aromatic N) is 4. The standard InChI is InChI=1S/C13H18N4O2/c1-10-7-16(12-8-19-9-12)4-5-17(10)11-2-3-13(15-18)14-6-11/h2-3,6,10,12H,4-5,7-9H2,1H3/t10-/m0/s1. The molecule has 0 aromatic carbocycles. The first-order chi connectivity index (χ1) is 9.28. The summed E-state index contributed by atoms with van der Waals surface area (Å²) in [4.78, 5) is 19.2. The molecule has 19 heavy (non-hydrogen) atoms. The van der Waals surface area contributed by atoms with Gasteiger partial charge in [0.05, 0.1) is 31.1 Å². The minimum absolute atomic E-state index is 0.238. The Bertz CT molecular complexity index is 446. The minimum Gasteiger partial charge on any atom is -0.378 e. The summed E-state index contributed by atoms with van der Waals surface area (Å²) < 4.78 is 5.26. The molecule has 0 spiro atoms. The van der Waals surface area contributed by atoms with Crippen LogP contribution in [0.15, 0.2) is 23.5 Å². The first kappa shape index (κ1) is 12.5. The van der Waals surface area contributed by atoms with Crippen LogP contribution in [0.2, 0.25) is 0 Å². The Balaban J connectivity index is 1.66. The van der Waals surface area contributed by atoms with Gasteiger partial charge in [-0.05, 0) is 24.2 Å². The fraction of sp³-hybridized carbons (Fsp3) is 0.615. The Morgan fingerprint density at radius 2 is 2.21 bits per heavy atom. The van der Waals surface area contributed by atoms with Crippen LogP contribution in [-0.2, 0) is 4.74 Å². The summed E-state index contributed by atoms with van der Waals surface area (Å²) in [5.41, 5.74) is 1.06. The largest absolute Gasteiger partial charge is 0.378 e. The lowest BCUT2D eigenvalue weighted by Crippen LogP contribution is -2.59. The summed E-state index contributed by atoms with van der Waals surface area (Å²) in [6.07, 6.45) is 1.73. The van der Waals surface area contributed by atoms with Crippen molar-refractivity contribution < 1.29 is 4.74 Å². The second-order valence-electron chi connectivity index (χ2n) is 5.19. The molecule has 0 amide bonds. The van der Waals surface area contributed by atoms with Gasteiger partial charge < -0.3 is 9.64 Å². The molecule has 6 nitrogen and oxygen atoms in total. The highest BCUT2D eigenvalue weighted by Crippen LogP contribution is 2.23. The topological polar surface area (TPSA) is 58.0 Å². The van der Waals surface area contributed by atoms with E-state index < -0.39 is 0 Å². The van der Waals surface area contributed by atoms with Crippen molar-refractivity contribution in [2.75, 3.05) is 37.7 Å². The molecule has 2 aliphatic rings. The highest BCUT2D eigenvalue weighted by molar-refractivity contribution is 5.49. The fourth-order valence-corrected chi connectivity index (χ4v) is 2.74. The van der Waals surface area contributed by atoms with E-state index in [9.17, 15) is 4.91 Å². The summed E-state index contributed by atoms with van der Waals surface area (Å²) >= 11 is 0. The third-order valence-corrected chi connectivity index (χ3v) is 3.95.